The van der Waals surface area contributed by atoms with Gasteiger partial charge in [-0.25, -0.2) is 9.38 Å². The highest BCUT2D eigenvalue weighted by Gasteiger charge is 2.21. The van der Waals surface area contributed by atoms with Gasteiger partial charge in [0.1, 0.15) is 0 Å². The van der Waals surface area contributed by atoms with E-state index in [2.05, 4.69) is 15.2 Å². The summed E-state index contributed by atoms with van der Waals surface area (Å²) in [7, 11) is 0. The van der Waals surface area contributed by atoms with Gasteiger partial charge in [0.25, 0.3) is 0 Å². The molecule has 0 fully saturated rings. The van der Waals surface area contributed by atoms with E-state index in [1.54, 1.807) is 4.40 Å². The fourth-order valence-corrected chi connectivity index (χ4v) is 3.32. The van der Waals surface area contributed by atoms with Crippen molar-refractivity contribution in [2.45, 2.75) is 51.9 Å². The van der Waals surface area contributed by atoms with Crippen molar-refractivity contribution in [3.05, 3.63) is 11.8 Å². The molecule has 2 N–H and O–H groups in total. The minimum absolute atomic E-state index is 0.0744. The fraction of sp³-hybridized carbons (Fsp3) is 0.571. The molecule has 1 amide bonds. The van der Waals surface area contributed by atoms with Crippen LogP contribution in [0.2, 0.25) is 0 Å². The number of aromatic nitrogens is 4. The van der Waals surface area contributed by atoms with Gasteiger partial charge in [0, 0.05) is 23.8 Å². The van der Waals surface area contributed by atoms with Crippen molar-refractivity contribution in [3.63, 3.8) is 0 Å². The first-order chi connectivity index (χ1) is 10.3. The van der Waals surface area contributed by atoms with Gasteiger partial charge in [-0.2, -0.15) is 0 Å². The molecule has 0 unspecified atom stereocenters. The highest BCUT2D eigenvalue weighted by Crippen LogP contribution is 2.21. The number of nitrogens with zero attached hydrogens (tertiary/aromatic N) is 5. The summed E-state index contributed by atoms with van der Waals surface area (Å²) in [5, 5.41) is 8.77. The molecule has 7 nitrogen and oxygen atoms in total. The molecule has 0 aliphatic carbocycles. The number of nitrogen functional groups attached to an aromatic ring is 1. The molecule has 0 atom stereocenters. The molecular formula is C14H22N6OS. The molecule has 2 aromatic heterocycles. The Labute approximate surface area is 134 Å². The maximum Gasteiger partial charge on any atom is 0.233 e. The molecule has 2 heterocycles. The number of carbonyl (C=O) groups is 1. The summed E-state index contributed by atoms with van der Waals surface area (Å²) in [6.07, 6.45) is 0. The maximum atomic E-state index is 12.4. The number of amides is 1. The lowest BCUT2D eigenvalue weighted by atomic mass is 10.2. The van der Waals surface area contributed by atoms with Crippen LogP contribution in [0.4, 0.5) is 5.95 Å². The molecule has 0 aliphatic rings. The molecule has 120 valence electrons. The predicted octanol–water partition coefficient (Wildman–Crippen LogP) is 1.75. The number of hydrogen-bond acceptors (Lipinski definition) is 6. The molecule has 2 rings (SSSR count). The molecule has 0 saturated heterocycles. The first-order valence-corrected chi connectivity index (χ1v) is 8.22. The van der Waals surface area contributed by atoms with Crippen LogP contribution in [0.3, 0.4) is 0 Å². The normalized spacial score (nSPS) is 11.6. The summed E-state index contributed by atoms with van der Waals surface area (Å²) in [6, 6.07) is 2.14. The van der Waals surface area contributed by atoms with Gasteiger partial charge in [-0.05, 0) is 34.6 Å². The summed E-state index contributed by atoms with van der Waals surface area (Å²) in [5.74, 6) is 0.703. The molecular weight excluding hydrogens is 300 g/mol. The number of nitrogens with two attached hydrogens (primary N) is 1. The molecule has 8 heteroatoms. The largest absolute Gasteiger partial charge is 0.369 e. The summed E-state index contributed by atoms with van der Waals surface area (Å²) >= 11 is 1.33. The minimum atomic E-state index is 0.0744. The smallest absolute Gasteiger partial charge is 0.233 e. The van der Waals surface area contributed by atoms with E-state index in [0.29, 0.717) is 22.5 Å². The Bertz CT molecular complexity index is 673. The Balaban J connectivity index is 2.17. The van der Waals surface area contributed by atoms with Crippen molar-refractivity contribution in [2.24, 2.45) is 0 Å². The minimum Gasteiger partial charge on any atom is -0.369 e. The number of aryl methyl sites for hydroxylation is 1. The molecule has 0 spiro atoms. The lowest BCUT2D eigenvalue weighted by molar-refractivity contribution is -0.131. The summed E-state index contributed by atoms with van der Waals surface area (Å²) in [6.45, 7) is 9.91. The second-order valence-corrected chi connectivity index (χ2v) is 6.65. The van der Waals surface area contributed by atoms with Gasteiger partial charge in [0.15, 0.2) is 10.8 Å². The third-order valence-electron chi connectivity index (χ3n) is 3.24. The zero-order chi connectivity index (χ0) is 16.4. The topological polar surface area (TPSA) is 89.4 Å². The highest BCUT2D eigenvalue weighted by molar-refractivity contribution is 7.99. The van der Waals surface area contributed by atoms with Crippen molar-refractivity contribution in [3.8, 4) is 0 Å². The standard InChI is InChI=1S/C14H22N6OS/c1-8(2)19(9(3)4)12(21)7-22-14-18-17-11-6-10(5)16-13(15)20(11)14/h6,8-9H,7H2,1-5H3,(H2,15,16). The second kappa shape index (κ2) is 6.51. The zero-order valence-corrected chi connectivity index (χ0v) is 14.4. The summed E-state index contributed by atoms with van der Waals surface area (Å²) in [4.78, 5) is 18.5. The van der Waals surface area contributed by atoms with Gasteiger partial charge in [-0.15, -0.1) is 10.2 Å². The van der Waals surface area contributed by atoms with Crippen molar-refractivity contribution >= 4 is 29.3 Å². The lowest BCUT2D eigenvalue weighted by Crippen LogP contribution is -2.43. The maximum absolute atomic E-state index is 12.4. The average Bonchev–Trinajstić information content (AvgIpc) is 2.78. The van der Waals surface area contributed by atoms with Crippen molar-refractivity contribution in [2.75, 3.05) is 11.5 Å². The SMILES string of the molecule is Cc1cc2nnc(SCC(=O)N(C(C)C)C(C)C)n2c(N)n1. The fourth-order valence-electron chi connectivity index (χ4n) is 2.51. The van der Waals surface area contributed by atoms with Gasteiger partial charge in [0.05, 0.1) is 5.75 Å². The summed E-state index contributed by atoms with van der Waals surface area (Å²) < 4.78 is 1.67. The number of rotatable bonds is 5. The number of carbonyl (C=O) groups excluding carboxylic acids is 1. The van der Waals surface area contributed by atoms with Crippen LogP contribution in [0, 0.1) is 6.92 Å². The van der Waals surface area contributed by atoms with E-state index < -0.39 is 0 Å². The van der Waals surface area contributed by atoms with Crippen LogP contribution in [0.5, 0.6) is 0 Å². The van der Waals surface area contributed by atoms with E-state index in [-0.39, 0.29) is 18.0 Å². The number of hydrogen-bond donors (Lipinski definition) is 1. The predicted molar refractivity (Wildman–Crippen MR) is 87.8 cm³/mol. The lowest BCUT2D eigenvalue weighted by Gasteiger charge is -2.30. The first-order valence-electron chi connectivity index (χ1n) is 7.23. The number of thioether (sulfide) groups is 1. The van der Waals surface area contributed by atoms with Crippen LogP contribution < -0.4 is 5.73 Å². The Morgan fingerprint density at radius 3 is 2.55 bits per heavy atom. The van der Waals surface area contributed by atoms with Gasteiger partial charge in [-0.1, -0.05) is 11.8 Å². The molecule has 0 radical (unpaired) electrons. The Hall–Kier alpha value is -1.83. The summed E-state index contributed by atoms with van der Waals surface area (Å²) in [5.41, 5.74) is 7.36. The van der Waals surface area contributed by atoms with E-state index in [4.69, 9.17) is 5.73 Å². The van der Waals surface area contributed by atoms with Gasteiger partial charge in [-0.3, -0.25) is 4.79 Å². The van der Waals surface area contributed by atoms with E-state index in [1.165, 1.54) is 11.8 Å². The van der Waals surface area contributed by atoms with Crippen molar-refractivity contribution in [1.82, 2.24) is 24.5 Å². The first kappa shape index (κ1) is 16.5. The van der Waals surface area contributed by atoms with E-state index in [0.717, 1.165) is 5.69 Å². The van der Waals surface area contributed by atoms with Crippen LogP contribution in [0.1, 0.15) is 33.4 Å². The molecule has 0 bridgehead atoms. The Kier molecular flexibility index (Phi) is 4.90. The Morgan fingerprint density at radius 1 is 1.32 bits per heavy atom. The van der Waals surface area contributed by atoms with E-state index >= 15 is 0 Å². The third-order valence-corrected chi connectivity index (χ3v) is 4.16. The van der Waals surface area contributed by atoms with Crippen LogP contribution in [-0.4, -0.2) is 48.2 Å². The molecule has 0 aliphatic heterocycles. The molecule has 0 aromatic carbocycles. The van der Waals surface area contributed by atoms with Crippen LogP contribution in [-0.2, 0) is 4.79 Å². The second-order valence-electron chi connectivity index (χ2n) is 5.71. The third kappa shape index (κ3) is 3.32. The molecule has 22 heavy (non-hydrogen) atoms. The average molecular weight is 322 g/mol. The van der Waals surface area contributed by atoms with Crippen LogP contribution in [0.15, 0.2) is 11.2 Å². The monoisotopic (exact) mass is 322 g/mol. The molecule has 0 saturated carbocycles. The highest BCUT2D eigenvalue weighted by atomic mass is 32.2. The zero-order valence-electron chi connectivity index (χ0n) is 13.6. The van der Waals surface area contributed by atoms with E-state index in [9.17, 15) is 4.79 Å². The van der Waals surface area contributed by atoms with Gasteiger partial charge < -0.3 is 10.6 Å². The van der Waals surface area contributed by atoms with Crippen LogP contribution >= 0.6 is 11.8 Å². The van der Waals surface area contributed by atoms with Crippen molar-refractivity contribution < 1.29 is 4.79 Å². The molecule has 2 aromatic rings. The van der Waals surface area contributed by atoms with Crippen LogP contribution in [0.25, 0.3) is 5.65 Å². The van der Waals surface area contributed by atoms with Gasteiger partial charge in [0.2, 0.25) is 11.9 Å². The number of fused-ring (bicyclic) bond motifs is 1. The van der Waals surface area contributed by atoms with Crippen molar-refractivity contribution in [1.29, 1.82) is 0 Å². The number of anilines is 1. The Morgan fingerprint density at radius 2 is 1.95 bits per heavy atom. The quantitative estimate of drug-likeness (QED) is 0.844. The van der Waals surface area contributed by atoms with Gasteiger partial charge >= 0.3 is 0 Å². The van der Waals surface area contributed by atoms with E-state index in [1.807, 2.05) is 45.6 Å².